The number of para-hydroxylation sites is 1. The largest absolute Gasteiger partial charge is 0.512 e. The van der Waals surface area contributed by atoms with Gasteiger partial charge in [-0.25, -0.2) is 24.4 Å². The lowest BCUT2D eigenvalue weighted by Crippen LogP contribution is -2.38. The number of ether oxygens (including phenoxy) is 3. The first kappa shape index (κ1) is 33.7. The fourth-order valence-electron chi connectivity index (χ4n) is 5.26. The van der Waals surface area contributed by atoms with Gasteiger partial charge in [0.1, 0.15) is 16.4 Å². The van der Waals surface area contributed by atoms with Gasteiger partial charge in [0, 0.05) is 23.5 Å². The molecule has 0 bridgehead atoms. The number of hydrogen-bond acceptors (Lipinski definition) is 10. The minimum atomic E-state index is -1.45. The molecule has 0 aliphatic carbocycles. The predicted molar refractivity (Wildman–Crippen MR) is 191 cm³/mol. The molecule has 3 amide bonds. The number of benzene rings is 3. The van der Waals surface area contributed by atoms with E-state index >= 15 is 0 Å². The van der Waals surface area contributed by atoms with Gasteiger partial charge in [0.05, 0.1) is 21.7 Å². The second kappa shape index (κ2) is 14.5. The Kier molecular flexibility index (Phi) is 9.97. The van der Waals surface area contributed by atoms with Crippen molar-refractivity contribution in [1.82, 2.24) is 9.97 Å². The molecule has 0 fully saturated rings. The van der Waals surface area contributed by atoms with Crippen LogP contribution in [0.3, 0.4) is 0 Å². The number of aromatic nitrogens is 2. The molecule has 5 aromatic rings. The SMILES string of the molecule is CC(C)(C)OC(=O)Nc1ccc(OCCCc2sc(-c3ccc4c(c3)N(C(=O)Nc3nc5ccccc5s3)CCC4)nc2OC(=O)O)cc1. The van der Waals surface area contributed by atoms with Gasteiger partial charge in [-0.15, -0.1) is 11.3 Å². The van der Waals surface area contributed by atoms with Crippen LogP contribution in [0.25, 0.3) is 20.8 Å². The van der Waals surface area contributed by atoms with Crippen molar-refractivity contribution >= 4 is 67.7 Å². The molecule has 0 unspecified atom stereocenters. The highest BCUT2D eigenvalue weighted by molar-refractivity contribution is 7.22. The molecule has 14 heteroatoms. The van der Waals surface area contributed by atoms with E-state index in [2.05, 4.69) is 20.6 Å². The fourth-order valence-corrected chi connectivity index (χ4v) is 7.15. The standard InChI is InChI=1S/C35H35N5O7S2/c1-35(2,3)47-33(42)36-23-14-16-24(17-15-23)45-19-7-11-28-29(46-34(43)44)38-30(48-28)22-13-12-21-8-6-18-40(26(21)20-22)32(41)39-31-37-25-9-4-5-10-27(25)49-31/h4-5,9-10,12-17,20H,6-8,11,18-19H2,1-3H3,(H,36,42)(H,43,44)(H,37,39,41). The maximum absolute atomic E-state index is 13.4. The van der Waals surface area contributed by atoms with E-state index in [9.17, 15) is 19.5 Å². The van der Waals surface area contributed by atoms with Gasteiger partial charge in [0.2, 0.25) is 5.88 Å². The third kappa shape index (κ3) is 8.64. The zero-order chi connectivity index (χ0) is 34.5. The summed E-state index contributed by atoms with van der Waals surface area (Å²) in [7, 11) is 0. The first-order chi connectivity index (χ1) is 23.5. The second-order valence-electron chi connectivity index (χ2n) is 12.2. The van der Waals surface area contributed by atoms with Gasteiger partial charge in [-0.2, -0.15) is 0 Å². The third-order valence-corrected chi connectivity index (χ3v) is 9.46. The second-order valence-corrected chi connectivity index (χ2v) is 14.3. The van der Waals surface area contributed by atoms with Crippen molar-refractivity contribution in [2.45, 2.75) is 52.1 Å². The number of thiazole rings is 2. The van der Waals surface area contributed by atoms with Crippen LogP contribution >= 0.6 is 22.7 Å². The fraction of sp³-hybridized carbons (Fsp3) is 0.286. The van der Waals surface area contributed by atoms with E-state index in [-0.39, 0.29) is 11.9 Å². The number of rotatable bonds is 9. The number of amides is 3. The van der Waals surface area contributed by atoms with Crippen molar-refractivity contribution in [1.29, 1.82) is 0 Å². The third-order valence-electron chi connectivity index (χ3n) is 7.37. The zero-order valence-corrected chi connectivity index (χ0v) is 28.8. The number of aryl methyl sites for hydroxylation is 2. The molecule has 1 aliphatic heterocycles. The molecule has 3 N–H and O–H groups in total. The first-order valence-corrected chi connectivity index (χ1v) is 17.3. The molecule has 0 atom stereocenters. The Labute approximate surface area is 290 Å². The predicted octanol–water partition coefficient (Wildman–Crippen LogP) is 8.82. The Balaban J connectivity index is 1.11. The van der Waals surface area contributed by atoms with Gasteiger partial charge in [0.15, 0.2) is 5.13 Å². The van der Waals surface area contributed by atoms with E-state index in [0.29, 0.717) is 52.4 Å². The van der Waals surface area contributed by atoms with Crippen LogP contribution in [0.4, 0.5) is 30.9 Å². The smallest absolute Gasteiger partial charge is 0.494 e. The van der Waals surface area contributed by atoms with Gasteiger partial charge < -0.3 is 19.3 Å². The number of carbonyl (C=O) groups is 3. The molecule has 3 aromatic carbocycles. The topological polar surface area (TPSA) is 152 Å². The molecule has 0 spiro atoms. The van der Waals surface area contributed by atoms with Crippen molar-refractivity contribution < 1.29 is 33.7 Å². The Morgan fingerprint density at radius 2 is 1.78 bits per heavy atom. The summed E-state index contributed by atoms with van der Waals surface area (Å²) in [6, 6.07) is 20.2. The lowest BCUT2D eigenvalue weighted by molar-refractivity contribution is 0.0635. The van der Waals surface area contributed by atoms with Gasteiger partial charge in [-0.1, -0.05) is 35.6 Å². The minimum absolute atomic E-state index is 0.0354. The molecular weight excluding hydrogens is 667 g/mol. The number of carbonyl (C=O) groups excluding carboxylic acids is 2. The highest BCUT2D eigenvalue weighted by Crippen LogP contribution is 2.38. The Hall–Kier alpha value is -5.21. The van der Waals surface area contributed by atoms with Crippen molar-refractivity contribution in [3.05, 3.63) is 77.2 Å². The Morgan fingerprint density at radius 3 is 2.53 bits per heavy atom. The zero-order valence-electron chi connectivity index (χ0n) is 27.1. The number of urea groups is 1. The molecule has 49 heavy (non-hydrogen) atoms. The van der Waals surface area contributed by atoms with Crippen molar-refractivity contribution in [3.8, 4) is 22.2 Å². The van der Waals surface area contributed by atoms with E-state index in [1.54, 1.807) is 49.9 Å². The molecule has 12 nitrogen and oxygen atoms in total. The minimum Gasteiger partial charge on any atom is -0.494 e. The summed E-state index contributed by atoms with van der Waals surface area (Å²) in [4.78, 5) is 48.4. The molecule has 0 radical (unpaired) electrons. The number of carboxylic acid groups (broad SMARTS) is 1. The lowest BCUT2D eigenvalue weighted by atomic mass is 10.00. The van der Waals surface area contributed by atoms with Crippen LogP contribution in [0, 0.1) is 0 Å². The van der Waals surface area contributed by atoms with Crippen LogP contribution in [0.2, 0.25) is 0 Å². The van der Waals surface area contributed by atoms with E-state index in [1.165, 1.54) is 22.7 Å². The average Bonchev–Trinajstić information content (AvgIpc) is 3.65. The molecule has 3 heterocycles. The van der Waals surface area contributed by atoms with Crippen LogP contribution in [0.15, 0.2) is 66.7 Å². The van der Waals surface area contributed by atoms with Crippen LogP contribution in [-0.2, 0) is 17.6 Å². The van der Waals surface area contributed by atoms with Crippen molar-refractivity contribution in [3.63, 3.8) is 0 Å². The molecule has 0 saturated carbocycles. The Morgan fingerprint density at radius 1 is 0.980 bits per heavy atom. The monoisotopic (exact) mass is 701 g/mol. The van der Waals surface area contributed by atoms with Crippen LogP contribution in [0.1, 0.15) is 44.1 Å². The van der Waals surface area contributed by atoms with Gasteiger partial charge >= 0.3 is 18.3 Å². The van der Waals surface area contributed by atoms with Crippen LogP contribution < -0.4 is 25.0 Å². The summed E-state index contributed by atoms with van der Waals surface area (Å²) in [5.74, 6) is 0.653. The summed E-state index contributed by atoms with van der Waals surface area (Å²) in [6.45, 7) is 6.29. The van der Waals surface area contributed by atoms with E-state index < -0.39 is 17.8 Å². The van der Waals surface area contributed by atoms with Gasteiger partial charge in [0.25, 0.3) is 0 Å². The number of hydrogen-bond donors (Lipinski definition) is 3. The van der Waals surface area contributed by atoms with Crippen molar-refractivity contribution in [2.75, 3.05) is 28.7 Å². The number of anilines is 3. The summed E-state index contributed by atoms with van der Waals surface area (Å²) < 4.78 is 17.2. The van der Waals surface area contributed by atoms with Crippen LogP contribution in [0.5, 0.6) is 11.6 Å². The summed E-state index contributed by atoms with van der Waals surface area (Å²) in [6.07, 6.45) is 0.715. The first-order valence-electron chi connectivity index (χ1n) is 15.7. The van der Waals surface area contributed by atoms with E-state index in [4.69, 9.17) is 14.2 Å². The maximum Gasteiger partial charge on any atom is 0.512 e. The molecule has 1 aliphatic rings. The number of fused-ring (bicyclic) bond motifs is 2. The number of nitrogens with zero attached hydrogens (tertiary/aromatic N) is 3. The molecule has 2 aromatic heterocycles. The highest BCUT2D eigenvalue weighted by Gasteiger charge is 2.25. The maximum atomic E-state index is 13.4. The molecule has 0 saturated heterocycles. The van der Waals surface area contributed by atoms with Gasteiger partial charge in [-0.3, -0.25) is 15.5 Å². The lowest BCUT2D eigenvalue weighted by Gasteiger charge is -2.29. The summed E-state index contributed by atoms with van der Waals surface area (Å²) in [5, 5.41) is 16.1. The van der Waals surface area contributed by atoms with Crippen molar-refractivity contribution in [2.24, 2.45) is 0 Å². The normalized spacial score (nSPS) is 12.7. The summed E-state index contributed by atoms with van der Waals surface area (Å²) in [5.41, 5.74) is 3.38. The Bertz CT molecular complexity index is 1950. The van der Waals surface area contributed by atoms with Gasteiger partial charge in [-0.05, 0) is 94.5 Å². The molecular formula is C35H35N5O7S2. The molecule has 254 valence electrons. The summed E-state index contributed by atoms with van der Waals surface area (Å²) >= 11 is 2.77. The van der Waals surface area contributed by atoms with E-state index in [1.807, 2.05) is 42.5 Å². The molecule has 6 rings (SSSR count). The quantitative estimate of drug-likeness (QED) is 0.101. The average molecular weight is 702 g/mol. The number of nitrogens with one attached hydrogen (secondary N) is 2. The van der Waals surface area contributed by atoms with Crippen LogP contribution in [-0.4, -0.2) is 52.1 Å². The highest BCUT2D eigenvalue weighted by atomic mass is 32.1. The van der Waals surface area contributed by atoms with E-state index in [0.717, 1.165) is 39.9 Å².